The quantitative estimate of drug-likeness (QED) is 0.736. The van der Waals surface area contributed by atoms with Crippen LogP contribution in [0.1, 0.15) is 23.2 Å². The summed E-state index contributed by atoms with van der Waals surface area (Å²) >= 11 is 3.37. The number of hydrogen-bond donors (Lipinski definition) is 0. The topological polar surface area (TPSA) is 29.4 Å². The maximum absolute atomic E-state index is 10.8. The van der Waals surface area contributed by atoms with Crippen LogP contribution in [0.4, 0.5) is 0 Å². The molecule has 0 saturated carbocycles. The highest BCUT2D eigenvalue weighted by atomic mass is 32.2. The summed E-state index contributed by atoms with van der Waals surface area (Å²) in [6, 6.07) is 0. The fraction of sp³-hybridized carbons (Fsp3) is 0.273. The van der Waals surface area contributed by atoms with Crippen LogP contribution in [0, 0.1) is 0 Å². The number of allylic oxidation sites excluding steroid dienone is 1. The van der Waals surface area contributed by atoms with E-state index in [1.54, 1.807) is 29.3 Å². The molecule has 4 heteroatoms. The summed E-state index contributed by atoms with van der Waals surface area (Å²) in [7, 11) is 0. The molecule has 0 aromatic carbocycles. The molecule has 0 spiro atoms. The van der Waals surface area contributed by atoms with Crippen molar-refractivity contribution in [2.24, 2.45) is 4.99 Å². The number of rotatable bonds is 2. The molecule has 0 saturated heterocycles. The number of carbonyl (C=O) groups is 1. The molecular formula is C11H11NOS2. The Hall–Kier alpha value is -0.870. The van der Waals surface area contributed by atoms with Gasteiger partial charge in [-0.15, -0.1) is 23.1 Å². The molecule has 0 aliphatic carbocycles. The second-order valence-corrected chi connectivity index (χ2v) is 4.95. The molecular weight excluding hydrogens is 226 g/mol. The van der Waals surface area contributed by atoms with Crippen LogP contribution in [0.3, 0.4) is 0 Å². The molecule has 1 aromatic rings. The average Bonchev–Trinajstić information content (AvgIpc) is 2.61. The van der Waals surface area contributed by atoms with Crippen LogP contribution in [-0.2, 0) is 0 Å². The second kappa shape index (κ2) is 4.77. The van der Waals surface area contributed by atoms with Crippen molar-refractivity contribution < 1.29 is 4.79 Å². The SMILES string of the molecule is CSC1=c2scc(C=O)c2=NC=CCC1. The molecule has 15 heavy (non-hydrogen) atoms. The fourth-order valence-electron chi connectivity index (χ4n) is 1.50. The van der Waals surface area contributed by atoms with Gasteiger partial charge in [-0.3, -0.25) is 9.79 Å². The van der Waals surface area contributed by atoms with Gasteiger partial charge in [0.15, 0.2) is 6.29 Å². The lowest BCUT2D eigenvalue weighted by Gasteiger charge is -2.01. The predicted octanol–water partition coefficient (Wildman–Crippen LogP) is 1.96. The van der Waals surface area contributed by atoms with Crippen LogP contribution >= 0.6 is 23.1 Å². The molecule has 1 aliphatic rings. The summed E-state index contributed by atoms with van der Waals surface area (Å²) in [6.07, 6.45) is 8.87. The Morgan fingerprint density at radius 3 is 3.20 bits per heavy atom. The lowest BCUT2D eigenvalue weighted by atomic mass is 10.2. The molecule has 2 rings (SSSR count). The summed E-state index contributed by atoms with van der Waals surface area (Å²) in [5, 5.41) is 2.73. The number of nitrogens with zero attached hydrogens (tertiary/aromatic N) is 1. The van der Waals surface area contributed by atoms with Gasteiger partial charge in [0.2, 0.25) is 0 Å². The van der Waals surface area contributed by atoms with E-state index in [0.29, 0.717) is 5.56 Å². The van der Waals surface area contributed by atoms with E-state index < -0.39 is 0 Å². The fourth-order valence-corrected chi connectivity index (χ4v) is 3.43. The van der Waals surface area contributed by atoms with E-state index in [-0.39, 0.29) is 0 Å². The Kier molecular flexibility index (Phi) is 3.38. The molecule has 1 aliphatic heterocycles. The number of hydrogen-bond acceptors (Lipinski definition) is 4. The largest absolute Gasteiger partial charge is 0.298 e. The van der Waals surface area contributed by atoms with Crippen LogP contribution in [0.25, 0.3) is 4.91 Å². The molecule has 0 unspecified atom stereocenters. The van der Waals surface area contributed by atoms with E-state index in [0.717, 1.165) is 29.0 Å². The first kappa shape index (κ1) is 10.6. The Morgan fingerprint density at radius 1 is 1.60 bits per heavy atom. The lowest BCUT2D eigenvalue weighted by Crippen LogP contribution is -2.24. The van der Waals surface area contributed by atoms with Gasteiger partial charge in [-0.05, 0) is 19.1 Å². The highest BCUT2D eigenvalue weighted by Gasteiger charge is 2.06. The Labute approximate surface area is 96.4 Å². The van der Waals surface area contributed by atoms with Crippen molar-refractivity contribution in [1.29, 1.82) is 0 Å². The summed E-state index contributed by atoms with van der Waals surface area (Å²) in [5.74, 6) is 0. The van der Waals surface area contributed by atoms with Gasteiger partial charge in [-0.1, -0.05) is 6.08 Å². The van der Waals surface area contributed by atoms with Gasteiger partial charge in [-0.25, -0.2) is 0 Å². The minimum Gasteiger partial charge on any atom is -0.298 e. The van der Waals surface area contributed by atoms with Crippen LogP contribution in [0.2, 0.25) is 0 Å². The zero-order chi connectivity index (χ0) is 10.7. The van der Waals surface area contributed by atoms with Crippen LogP contribution in [0.5, 0.6) is 0 Å². The Bertz CT molecular complexity index is 513. The number of carbonyl (C=O) groups excluding carboxylic acids is 1. The van der Waals surface area contributed by atoms with Gasteiger partial charge in [0, 0.05) is 16.5 Å². The van der Waals surface area contributed by atoms with E-state index in [2.05, 4.69) is 11.2 Å². The van der Waals surface area contributed by atoms with Crippen LogP contribution in [-0.4, -0.2) is 12.5 Å². The third kappa shape index (κ3) is 2.06. The van der Waals surface area contributed by atoms with E-state index >= 15 is 0 Å². The Morgan fingerprint density at radius 2 is 2.47 bits per heavy atom. The summed E-state index contributed by atoms with van der Waals surface area (Å²) < 4.78 is 1.16. The molecule has 0 atom stereocenters. The average molecular weight is 237 g/mol. The van der Waals surface area contributed by atoms with Crippen molar-refractivity contribution in [2.45, 2.75) is 12.8 Å². The monoisotopic (exact) mass is 237 g/mol. The first-order valence-electron chi connectivity index (χ1n) is 4.69. The second-order valence-electron chi connectivity index (χ2n) is 3.17. The highest BCUT2D eigenvalue weighted by molar-refractivity contribution is 8.07. The Balaban J connectivity index is 2.79. The highest BCUT2D eigenvalue weighted by Crippen LogP contribution is 2.19. The van der Waals surface area contributed by atoms with Gasteiger partial charge < -0.3 is 0 Å². The normalized spacial score (nSPS) is 15.1. The first-order chi connectivity index (χ1) is 7.36. The van der Waals surface area contributed by atoms with E-state index in [9.17, 15) is 4.79 Å². The number of aldehydes is 1. The molecule has 0 fully saturated rings. The number of fused-ring (bicyclic) bond motifs is 1. The molecule has 0 radical (unpaired) electrons. The molecule has 1 aromatic heterocycles. The molecule has 2 nitrogen and oxygen atoms in total. The predicted molar refractivity (Wildman–Crippen MR) is 65.8 cm³/mol. The van der Waals surface area contributed by atoms with Crippen molar-refractivity contribution in [1.82, 2.24) is 0 Å². The summed E-state index contributed by atoms with van der Waals surface area (Å²) in [5.41, 5.74) is 0.702. The van der Waals surface area contributed by atoms with E-state index in [1.165, 1.54) is 4.91 Å². The van der Waals surface area contributed by atoms with E-state index in [4.69, 9.17) is 0 Å². The van der Waals surface area contributed by atoms with Crippen LogP contribution in [0.15, 0.2) is 22.6 Å². The van der Waals surface area contributed by atoms with Crippen molar-refractivity contribution in [3.05, 3.63) is 33.1 Å². The maximum atomic E-state index is 10.8. The van der Waals surface area contributed by atoms with Crippen molar-refractivity contribution in [3.8, 4) is 0 Å². The molecule has 0 N–H and O–H groups in total. The standard InChI is InChI=1S/C11H11NOS2/c1-14-9-4-2-3-5-12-10-8(6-13)7-15-11(9)10/h3,5-7H,2,4H2,1H3. The number of thiophene rings is 1. The van der Waals surface area contributed by atoms with Crippen molar-refractivity contribution in [3.63, 3.8) is 0 Å². The third-order valence-corrected chi connectivity index (χ3v) is 4.34. The third-order valence-electron chi connectivity index (χ3n) is 2.27. The molecule has 0 bridgehead atoms. The zero-order valence-electron chi connectivity index (χ0n) is 8.40. The summed E-state index contributed by atoms with van der Waals surface area (Å²) in [4.78, 5) is 16.5. The smallest absolute Gasteiger partial charge is 0.153 e. The van der Waals surface area contributed by atoms with E-state index in [1.807, 2.05) is 11.5 Å². The molecule has 78 valence electrons. The lowest BCUT2D eigenvalue weighted by molar-refractivity contribution is 0.112. The van der Waals surface area contributed by atoms with Crippen LogP contribution < -0.4 is 9.89 Å². The first-order valence-corrected chi connectivity index (χ1v) is 6.80. The maximum Gasteiger partial charge on any atom is 0.153 e. The number of thioether (sulfide) groups is 1. The molecule has 2 heterocycles. The zero-order valence-corrected chi connectivity index (χ0v) is 10.0. The van der Waals surface area contributed by atoms with Crippen molar-refractivity contribution in [2.75, 3.05) is 6.26 Å². The van der Waals surface area contributed by atoms with Gasteiger partial charge in [0.05, 0.1) is 15.5 Å². The minimum atomic E-state index is 0.702. The van der Waals surface area contributed by atoms with Gasteiger partial charge >= 0.3 is 0 Å². The van der Waals surface area contributed by atoms with Crippen molar-refractivity contribution >= 4 is 34.3 Å². The van der Waals surface area contributed by atoms with Gasteiger partial charge in [0.1, 0.15) is 0 Å². The minimum absolute atomic E-state index is 0.702. The molecule has 0 amide bonds. The van der Waals surface area contributed by atoms with Gasteiger partial charge in [-0.2, -0.15) is 0 Å². The summed E-state index contributed by atoms with van der Waals surface area (Å²) in [6.45, 7) is 0. The van der Waals surface area contributed by atoms with Gasteiger partial charge in [0.25, 0.3) is 0 Å².